The van der Waals surface area contributed by atoms with Crippen molar-refractivity contribution in [3.05, 3.63) is 50.8 Å². The Hall–Kier alpha value is -1.81. The molecule has 1 aromatic rings. The highest BCUT2D eigenvalue weighted by Gasteiger charge is 2.48. The summed E-state index contributed by atoms with van der Waals surface area (Å²) < 4.78 is 6.38. The average molecular weight is 356 g/mol. The minimum atomic E-state index is -0.269. The van der Waals surface area contributed by atoms with E-state index < -0.39 is 0 Å². The summed E-state index contributed by atoms with van der Waals surface area (Å²) in [5.41, 5.74) is 4.17. The molecule has 1 aromatic heterocycles. The van der Waals surface area contributed by atoms with Crippen LogP contribution in [0.15, 0.2) is 28.6 Å². The van der Waals surface area contributed by atoms with Crippen molar-refractivity contribution < 1.29 is 9.64 Å². The van der Waals surface area contributed by atoms with Crippen molar-refractivity contribution in [1.82, 2.24) is 4.98 Å². The predicted octanol–water partition coefficient (Wildman–Crippen LogP) is 2.67. The van der Waals surface area contributed by atoms with Crippen LogP contribution in [0.4, 0.5) is 0 Å². The highest BCUT2D eigenvalue weighted by Crippen LogP contribution is 2.50. The van der Waals surface area contributed by atoms with Crippen molar-refractivity contribution in [3.63, 3.8) is 0 Å². The average Bonchev–Trinajstić information content (AvgIpc) is 3.14. The molecule has 4 atom stereocenters. The summed E-state index contributed by atoms with van der Waals surface area (Å²) in [5, 5.41) is 0. The molecule has 0 aromatic carbocycles. The molecule has 4 nitrogen and oxygen atoms in total. The Labute approximate surface area is 155 Å². The molecule has 0 bridgehead atoms. The number of aryl methyl sites for hydroxylation is 1. The minimum Gasteiger partial charge on any atom is -0.472 e. The van der Waals surface area contributed by atoms with Crippen LogP contribution in [0.25, 0.3) is 0 Å². The Bertz CT molecular complexity index is 846. The van der Waals surface area contributed by atoms with E-state index in [1.807, 2.05) is 0 Å². The minimum absolute atomic E-state index is 0.144. The molecule has 1 aliphatic carbocycles. The lowest BCUT2D eigenvalue weighted by atomic mass is 9.75. The Morgan fingerprint density at radius 3 is 2.77 bits per heavy atom. The number of hydrogen-bond donors (Lipinski definition) is 2. The first kappa shape index (κ1) is 17.6. The summed E-state index contributed by atoms with van der Waals surface area (Å²) in [5.74, 6) is 1.21. The zero-order valence-electron chi connectivity index (χ0n) is 16.6. The van der Waals surface area contributed by atoms with Crippen LogP contribution < -0.4 is 15.1 Å². The second-order valence-electron chi connectivity index (χ2n) is 8.85. The maximum Gasteiger partial charge on any atom is 0.199 e. The summed E-state index contributed by atoms with van der Waals surface area (Å²) in [7, 11) is 2.17. The van der Waals surface area contributed by atoms with Crippen molar-refractivity contribution in [2.24, 2.45) is 5.92 Å². The Morgan fingerprint density at radius 1 is 1.35 bits per heavy atom. The van der Waals surface area contributed by atoms with Crippen molar-refractivity contribution >= 4 is 0 Å². The molecule has 26 heavy (non-hydrogen) atoms. The molecule has 3 aliphatic rings. The molecule has 4 heteroatoms. The lowest BCUT2D eigenvalue weighted by Gasteiger charge is -2.41. The van der Waals surface area contributed by atoms with Gasteiger partial charge in [0.1, 0.15) is 11.6 Å². The molecule has 4 rings (SSSR count). The van der Waals surface area contributed by atoms with Gasteiger partial charge < -0.3 is 14.6 Å². The van der Waals surface area contributed by atoms with Gasteiger partial charge in [-0.3, -0.25) is 4.79 Å². The number of aromatic nitrogens is 1. The first-order valence-corrected chi connectivity index (χ1v) is 9.97. The van der Waals surface area contributed by atoms with Crippen LogP contribution in [0.2, 0.25) is 0 Å². The Morgan fingerprint density at radius 2 is 2.12 bits per heavy atom. The van der Waals surface area contributed by atoms with Gasteiger partial charge in [-0.15, -0.1) is 0 Å². The fourth-order valence-electron chi connectivity index (χ4n) is 5.11. The molecule has 0 fully saturated rings. The van der Waals surface area contributed by atoms with Crippen molar-refractivity contribution in [1.29, 1.82) is 0 Å². The number of aromatic amines is 1. The number of likely N-dealkylation sites (N-methyl/N-ethyl adjacent to an activating group) is 1. The molecule has 0 saturated heterocycles. The molecule has 0 saturated carbocycles. The van der Waals surface area contributed by atoms with Gasteiger partial charge in [-0.1, -0.05) is 25.0 Å². The fraction of sp³-hybridized carbons (Fsp3) is 0.591. The Balaban J connectivity index is 1.94. The van der Waals surface area contributed by atoms with Gasteiger partial charge in [0.25, 0.3) is 0 Å². The van der Waals surface area contributed by atoms with Crippen LogP contribution in [0.5, 0.6) is 5.88 Å². The topological polar surface area (TPSA) is 46.5 Å². The summed E-state index contributed by atoms with van der Waals surface area (Å²) in [4.78, 5) is 18.6. The maximum absolute atomic E-state index is 13.7. The van der Waals surface area contributed by atoms with E-state index in [1.165, 1.54) is 10.5 Å². The molecule has 3 unspecified atom stereocenters. The molecule has 140 valence electrons. The number of hydrogen-bond acceptors (Lipinski definition) is 2. The van der Waals surface area contributed by atoms with Crippen LogP contribution in [0.1, 0.15) is 69.3 Å². The van der Waals surface area contributed by atoms with Gasteiger partial charge in [0.2, 0.25) is 0 Å². The predicted molar refractivity (Wildman–Crippen MR) is 104 cm³/mol. The molecule has 0 amide bonds. The zero-order valence-corrected chi connectivity index (χ0v) is 16.6. The number of quaternary nitrogens is 1. The van der Waals surface area contributed by atoms with Gasteiger partial charge in [-0.2, -0.15) is 0 Å². The van der Waals surface area contributed by atoms with E-state index in [9.17, 15) is 4.79 Å². The molecule has 2 N–H and O–H groups in total. The lowest BCUT2D eigenvalue weighted by molar-refractivity contribution is -0.893. The van der Waals surface area contributed by atoms with Gasteiger partial charge in [-0.25, -0.2) is 0 Å². The molecular weight excluding hydrogens is 324 g/mol. The summed E-state index contributed by atoms with van der Waals surface area (Å²) in [6.45, 7) is 9.62. The quantitative estimate of drug-likeness (QED) is 0.819. The SMILES string of the molecule is CCCc1[nH]c2c(c(=O)c1[C@@H]1C=CC[NH+]1C)C1C=C(C)CC1C(C)(C)O2. The van der Waals surface area contributed by atoms with Crippen molar-refractivity contribution in [3.8, 4) is 5.88 Å². The highest BCUT2D eigenvalue weighted by atomic mass is 16.5. The van der Waals surface area contributed by atoms with Gasteiger partial charge in [0.05, 0.1) is 24.7 Å². The van der Waals surface area contributed by atoms with Crippen molar-refractivity contribution in [2.45, 2.75) is 64.5 Å². The molecule has 2 aliphatic heterocycles. The highest BCUT2D eigenvalue weighted by molar-refractivity contribution is 5.46. The first-order valence-electron chi connectivity index (χ1n) is 9.97. The van der Waals surface area contributed by atoms with E-state index in [0.717, 1.165) is 42.6 Å². The smallest absolute Gasteiger partial charge is 0.199 e. The molecule has 0 radical (unpaired) electrons. The number of pyridine rings is 1. The Kier molecular flexibility index (Phi) is 4.14. The van der Waals surface area contributed by atoms with Crippen LogP contribution >= 0.6 is 0 Å². The number of rotatable bonds is 3. The monoisotopic (exact) mass is 355 g/mol. The molecule has 3 heterocycles. The maximum atomic E-state index is 13.7. The largest absolute Gasteiger partial charge is 0.472 e. The summed E-state index contributed by atoms with van der Waals surface area (Å²) >= 11 is 0. The van der Waals surface area contributed by atoms with Gasteiger partial charge in [-0.05, 0) is 45.8 Å². The van der Waals surface area contributed by atoms with E-state index in [0.29, 0.717) is 11.8 Å². The van der Waals surface area contributed by atoms with Crippen LogP contribution in [-0.4, -0.2) is 24.2 Å². The number of fused-ring (bicyclic) bond motifs is 3. The molecule has 0 spiro atoms. The third-order valence-electron chi connectivity index (χ3n) is 6.46. The number of nitrogens with one attached hydrogen (secondary N) is 2. The lowest BCUT2D eigenvalue weighted by Crippen LogP contribution is -3.07. The third kappa shape index (κ3) is 2.58. The normalized spacial score (nSPS) is 31.3. The standard InChI is InChI=1S/C22H30N2O2/c1-6-8-16-19(17-9-7-10-24(17)5)20(25)18-14-11-13(2)12-15(14)22(3,4)26-21(18)23-16/h7,9,11,14-15,17H,6,8,10,12H2,1-5H3,(H,23,25)/p+1/t14?,15?,17-/m0/s1. The van der Waals surface area contributed by atoms with Crippen LogP contribution in [-0.2, 0) is 6.42 Å². The van der Waals surface area contributed by atoms with Crippen LogP contribution in [0, 0.1) is 5.92 Å². The van der Waals surface area contributed by atoms with E-state index in [1.54, 1.807) is 0 Å². The first-order chi connectivity index (χ1) is 12.3. The van der Waals surface area contributed by atoms with E-state index in [2.05, 4.69) is 58.0 Å². The van der Waals surface area contributed by atoms with Crippen molar-refractivity contribution in [2.75, 3.05) is 13.6 Å². The second-order valence-corrected chi connectivity index (χ2v) is 8.85. The van der Waals surface area contributed by atoms with E-state index in [4.69, 9.17) is 4.74 Å². The van der Waals surface area contributed by atoms with E-state index in [-0.39, 0.29) is 23.0 Å². The number of ether oxygens (including phenoxy) is 1. The summed E-state index contributed by atoms with van der Waals surface area (Å²) in [6, 6.07) is 0.144. The van der Waals surface area contributed by atoms with Gasteiger partial charge >= 0.3 is 0 Å². The van der Waals surface area contributed by atoms with E-state index >= 15 is 0 Å². The van der Waals surface area contributed by atoms with Crippen LogP contribution in [0.3, 0.4) is 0 Å². The number of allylic oxidation sites excluding steroid dienone is 2. The summed E-state index contributed by atoms with van der Waals surface area (Å²) in [6.07, 6.45) is 9.58. The third-order valence-corrected chi connectivity index (χ3v) is 6.46. The zero-order chi connectivity index (χ0) is 18.6. The van der Waals surface area contributed by atoms with Gasteiger partial charge in [0.15, 0.2) is 11.3 Å². The molecular formula is C22H31N2O2+. The number of H-pyrrole nitrogens is 1. The second kappa shape index (κ2) is 6.12. The fourth-order valence-corrected chi connectivity index (χ4v) is 5.11. The van der Waals surface area contributed by atoms with Gasteiger partial charge in [0, 0.05) is 17.5 Å².